The lowest BCUT2D eigenvalue weighted by molar-refractivity contribution is 0.175. The van der Waals surface area contributed by atoms with Gasteiger partial charge < -0.3 is 10.4 Å². The minimum Gasteiger partial charge on any atom is -0.387 e. The van der Waals surface area contributed by atoms with E-state index in [1.165, 1.54) is 24.0 Å². The van der Waals surface area contributed by atoms with Crippen LogP contribution in [0.25, 0.3) is 0 Å². The Balaban J connectivity index is 1.81. The predicted octanol–water partition coefficient (Wildman–Crippen LogP) is 2.02. The summed E-state index contributed by atoms with van der Waals surface area (Å²) in [5, 5.41) is 17.4. The smallest absolute Gasteiger partial charge is 0.175 e. The number of thiophene rings is 1. The van der Waals surface area contributed by atoms with Gasteiger partial charge in [0.1, 0.15) is 0 Å². The summed E-state index contributed by atoms with van der Waals surface area (Å²) in [5.41, 5.74) is 2.00. The molecule has 6 heteroatoms. The molecule has 2 rings (SSSR count). The van der Waals surface area contributed by atoms with Gasteiger partial charge in [0, 0.05) is 12.8 Å². The molecule has 1 aromatic carbocycles. The summed E-state index contributed by atoms with van der Waals surface area (Å²) in [7, 11) is -3.19. The highest BCUT2D eigenvalue weighted by molar-refractivity contribution is 7.90. The Hall–Kier alpha value is -1.21. The molecule has 2 aromatic rings. The molecule has 0 saturated carbocycles. The van der Waals surface area contributed by atoms with E-state index in [1.54, 1.807) is 23.5 Å². The monoisotopic (exact) mass is 325 g/mol. The zero-order valence-electron chi connectivity index (χ0n) is 11.8. The first kappa shape index (κ1) is 16.2. The van der Waals surface area contributed by atoms with Gasteiger partial charge in [0.05, 0.1) is 11.0 Å². The second-order valence-electron chi connectivity index (χ2n) is 4.94. The van der Waals surface area contributed by atoms with Gasteiger partial charge in [-0.15, -0.1) is 0 Å². The van der Waals surface area contributed by atoms with Crippen LogP contribution in [0.1, 0.15) is 17.2 Å². The van der Waals surface area contributed by atoms with Crippen molar-refractivity contribution in [3.8, 4) is 0 Å². The first-order valence-electron chi connectivity index (χ1n) is 6.66. The zero-order valence-corrected chi connectivity index (χ0v) is 13.5. The Kier molecular flexibility index (Phi) is 5.52. The number of nitrogens with one attached hydrogen (secondary N) is 1. The van der Waals surface area contributed by atoms with Crippen LogP contribution in [0.15, 0.2) is 46.0 Å². The Morgan fingerprint density at radius 1 is 1.24 bits per heavy atom. The van der Waals surface area contributed by atoms with Gasteiger partial charge in [-0.05, 0) is 53.1 Å². The molecule has 114 valence electrons. The molecule has 1 aromatic heterocycles. The topological polar surface area (TPSA) is 66.4 Å². The van der Waals surface area contributed by atoms with Crippen LogP contribution in [0.3, 0.4) is 0 Å². The Morgan fingerprint density at radius 3 is 2.52 bits per heavy atom. The van der Waals surface area contributed by atoms with Gasteiger partial charge in [-0.25, -0.2) is 8.42 Å². The molecule has 2 N–H and O–H groups in total. The highest BCUT2D eigenvalue weighted by atomic mass is 32.2. The summed E-state index contributed by atoms with van der Waals surface area (Å²) in [6.07, 6.45) is 1.47. The number of hydrogen-bond acceptors (Lipinski definition) is 5. The van der Waals surface area contributed by atoms with Crippen molar-refractivity contribution in [3.05, 3.63) is 52.2 Å². The average molecular weight is 325 g/mol. The maximum absolute atomic E-state index is 11.4. The van der Waals surface area contributed by atoms with E-state index in [4.69, 9.17) is 0 Å². The van der Waals surface area contributed by atoms with E-state index in [9.17, 15) is 13.5 Å². The standard InChI is InChI=1S/C15H19NO3S2/c1-21(18,19)14-4-2-13(3-5-14)15(17)10-16-8-6-12-7-9-20-11-12/h2-5,7,9,11,15-17H,6,8,10H2,1H3/t15-/m1/s1. The van der Waals surface area contributed by atoms with Crippen LogP contribution < -0.4 is 5.32 Å². The lowest BCUT2D eigenvalue weighted by atomic mass is 10.1. The Bertz CT molecular complexity index is 649. The lowest BCUT2D eigenvalue weighted by Crippen LogP contribution is -2.23. The maximum Gasteiger partial charge on any atom is 0.175 e. The fourth-order valence-electron chi connectivity index (χ4n) is 1.96. The molecule has 0 aliphatic carbocycles. The summed E-state index contributed by atoms with van der Waals surface area (Å²) in [6, 6.07) is 8.45. The van der Waals surface area contributed by atoms with Gasteiger partial charge in [-0.1, -0.05) is 12.1 Å². The fourth-order valence-corrected chi connectivity index (χ4v) is 3.30. The molecule has 1 heterocycles. The average Bonchev–Trinajstić information content (AvgIpc) is 2.96. The lowest BCUT2D eigenvalue weighted by Gasteiger charge is -2.12. The molecule has 21 heavy (non-hydrogen) atoms. The molecule has 4 nitrogen and oxygen atoms in total. The van der Waals surface area contributed by atoms with Gasteiger partial charge in [0.15, 0.2) is 9.84 Å². The van der Waals surface area contributed by atoms with Gasteiger partial charge in [0.25, 0.3) is 0 Å². The molecule has 0 aliphatic heterocycles. The first-order valence-corrected chi connectivity index (χ1v) is 9.50. The highest BCUT2D eigenvalue weighted by Gasteiger charge is 2.10. The molecule has 0 bridgehead atoms. The van der Waals surface area contributed by atoms with Crippen molar-refractivity contribution in [1.82, 2.24) is 5.32 Å². The van der Waals surface area contributed by atoms with Crippen LogP contribution in [-0.4, -0.2) is 32.9 Å². The molecule has 0 radical (unpaired) electrons. The third kappa shape index (κ3) is 4.93. The fraction of sp³-hybridized carbons (Fsp3) is 0.333. The molecule has 0 unspecified atom stereocenters. The summed E-state index contributed by atoms with van der Waals surface area (Å²) in [6.45, 7) is 1.25. The second-order valence-corrected chi connectivity index (χ2v) is 7.74. The molecule has 0 fully saturated rings. The summed E-state index contributed by atoms with van der Waals surface area (Å²) < 4.78 is 22.7. The number of rotatable bonds is 7. The summed E-state index contributed by atoms with van der Waals surface area (Å²) >= 11 is 1.68. The molecular weight excluding hydrogens is 306 g/mol. The van der Waals surface area contributed by atoms with E-state index >= 15 is 0 Å². The number of sulfone groups is 1. The van der Waals surface area contributed by atoms with E-state index in [1.807, 2.05) is 5.38 Å². The molecule has 0 saturated heterocycles. The largest absolute Gasteiger partial charge is 0.387 e. The molecule has 0 aliphatic rings. The quantitative estimate of drug-likeness (QED) is 0.764. The third-order valence-corrected chi connectivity index (χ3v) is 5.06. The highest BCUT2D eigenvalue weighted by Crippen LogP contribution is 2.16. The number of aliphatic hydroxyl groups excluding tert-OH is 1. The van der Waals surface area contributed by atoms with Crippen LogP contribution >= 0.6 is 11.3 Å². The second kappa shape index (κ2) is 7.17. The van der Waals surface area contributed by atoms with Crippen LogP contribution in [0.4, 0.5) is 0 Å². The normalized spacial score (nSPS) is 13.2. The minimum absolute atomic E-state index is 0.267. The number of aliphatic hydroxyl groups is 1. The molecule has 0 amide bonds. The summed E-state index contributed by atoms with van der Waals surface area (Å²) in [4.78, 5) is 0.267. The number of benzene rings is 1. The molecular formula is C15H19NO3S2. The van der Waals surface area contributed by atoms with Crippen LogP contribution in [-0.2, 0) is 16.3 Å². The van der Waals surface area contributed by atoms with Crippen molar-refractivity contribution in [2.75, 3.05) is 19.3 Å². The van der Waals surface area contributed by atoms with Crippen molar-refractivity contribution in [2.24, 2.45) is 0 Å². The van der Waals surface area contributed by atoms with E-state index < -0.39 is 15.9 Å². The summed E-state index contributed by atoms with van der Waals surface area (Å²) in [5.74, 6) is 0. The zero-order chi connectivity index (χ0) is 15.3. The van der Waals surface area contributed by atoms with Crippen molar-refractivity contribution in [2.45, 2.75) is 17.4 Å². The van der Waals surface area contributed by atoms with Crippen LogP contribution in [0.2, 0.25) is 0 Å². The predicted molar refractivity (Wildman–Crippen MR) is 85.4 cm³/mol. The first-order chi connectivity index (χ1) is 9.97. The van der Waals surface area contributed by atoms with Crippen LogP contribution in [0, 0.1) is 0 Å². The van der Waals surface area contributed by atoms with Crippen molar-refractivity contribution in [3.63, 3.8) is 0 Å². The third-order valence-electron chi connectivity index (χ3n) is 3.20. The Morgan fingerprint density at radius 2 is 1.95 bits per heavy atom. The Labute approximate surface area is 129 Å². The van der Waals surface area contributed by atoms with E-state index in [0.29, 0.717) is 12.1 Å². The van der Waals surface area contributed by atoms with E-state index in [-0.39, 0.29) is 4.90 Å². The maximum atomic E-state index is 11.4. The number of hydrogen-bond donors (Lipinski definition) is 2. The van der Waals surface area contributed by atoms with Crippen molar-refractivity contribution in [1.29, 1.82) is 0 Å². The molecule has 1 atom stereocenters. The van der Waals surface area contributed by atoms with Crippen molar-refractivity contribution >= 4 is 21.2 Å². The minimum atomic E-state index is -3.19. The molecule has 0 spiro atoms. The SMILES string of the molecule is CS(=O)(=O)c1ccc([C@H](O)CNCCc2ccsc2)cc1. The van der Waals surface area contributed by atoms with Gasteiger partial charge in [-0.3, -0.25) is 0 Å². The van der Waals surface area contributed by atoms with Crippen LogP contribution in [0.5, 0.6) is 0 Å². The van der Waals surface area contributed by atoms with E-state index in [2.05, 4.69) is 16.8 Å². The van der Waals surface area contributed by atoms with Gasteiger partial charge >= 0.3 is 0 Å². The van der Waals surface area contributed by atoms with Crippen molar-refractivity contribution < 1.29 is 13.5 Å². The van der Waals surface area contributed by atoms with E-state index in [0.717, 1.165) is 13.0 Å². The van der Waals surface area contributed by atoms with Gasteiger partial charge in [0.2, 0.25) is 0 Å². The van der Waals surface area contributed by atoms with Gasteiger partial charge in [-0.2, -0.15) is 11.3 Å².